The maximum atomic E-state index is 6.40. The number of amidine groups is 1. The van der Waals surface area contributed by atoms with Gasteiger partial charge in [0.2, 0.25) is 0 Å². The average molecular weight is 426 g/mol. The monoisotopic (exact) mass is 425 g/mol. The standard InChI is InChI=1S/C23H24ClN3OS/c1-23(2,3)17-13-15(10-11-18(17)24)28-20-8-5-4-7-16(20)19-14-29-22(26-19)27-21-9-6-12-25-21/h4-5,7-8,10-11,13-14H,6,9,12H2,1-3H3,(H,25,26,27). The van der Waals surface area contributed by atoms with Crippen LogP contribution in [-0.2, 0) is 5.41 Å². The second-order valence-corrected chi connectivity index (χ2v) is 9.35. The Morgan fingerprint density at radius 2 is 1.97 bits per heavy atom. The highest BCUT2D eigenvalue weighted by Gasteiger charge is 2.19. The van der Waals surface area contributed by atoms with Crippen LogP contribution in [0.15, 0.2) is 52.8 Å². The lowest BCUT2D eigenvalue weighted by atomic mass is 9.87. The van der Waals surface area contributed by atoms with Crippen LogP contribution in [-0.4, -0.2) is 17.4 Å². The second-order valence-electron chi connectivity index (χ2n) is 8.08. The molecule has 0 saturated carbocycles. The topological polar surface area (TPSA) is 46.5 Å². The van der Waals surface area contributed by atoms with Crippen LogP contribution in [0.25, 0.3) is 11.3 Å². The van der Waals surface area contributed by atoms with E-state index >= 15 is 0 Å². The third-order valence-electron chi connectivity index (χ3n) is 4.77. The van der Waals surface area contributed by atoms with Gasteiger partial charge in [0.15, 0.2) is 5.13 Å². The highest BCUT2D eigenvalue weighted by molar-refractivity contribution is 7.14. The molecule has 0 amide bonds. The van der Waals surface area contributed by atoms with Gasteiger partial charge in [0.25, 0.3) is 0 Å². The Balaban J connectivity index is 1.60. The summed E-state index contributed by atoms with van der Waals surface area (Å²) in [5.41, 5.74) is 2.84. The van der Waals surface area contributed by atoms with Crippen molar-refractivity contribution < 1.29 is 4.74 Å². The molecule has 0 atom stereocenters. The molecule has 0 bridgehead atoms. The van der Waals surface area contributed by atoms with Crippen LogP contribution in [0.1, 0.15) is 39.2 Å². The Morgan fingerprint density at radius 1 is 1.14 bits per heavy atom. The van der Waals surface area contributed by atoms with E-state index in [1.807, 2.05) is 47.8 Å². The van der Waals surface area contributed by atoms with Crippen LogP contribution in [0.4, 0.5) is 5.13 Å². The van der Waals surface area contributed by atoms with E-state index in [1.54, 1.807) is 11.3 Å². The molecule has 3 aromatic rings. The summed E-state index contributed by atoms with van der Waals surface area (Å²) in [6.07, 6.45) is 2.09. The molecule has 0 saturated heterocycles. The van der Waals surface area contributed by atoms with Gasteiger partial charge in [0.05, 0.1) is 5.69 Å². The third-order valence-corrected chi connectivity index (χ3v) is 5.85. The molecular formula is C23H24ClN3OS. The van der Waals surface area contributed by atoms with Gasteiger partial charge in [-0.3, -0.25) is 4.99 Å². The Bertz CT molecular complexity index is 1050. The van der Waals surface area contributed by atoms with E-state index in [9.17, 15) is 0 Å². The molecule has 0 unspecified atom stereocenters. The highest BCUT2D eigenvalue weighted by Crippen LogP contribution is 2.38. The van der Waals surface area contributed by atoms with Crippen molar-refractivity contribution in [2.45, 2.75) is 39.0 Å². The number of rotatable bonds is 4. The van der Waals surface area contributed by atoms with Crippen molar-refractivity contribution in [1.82, 2.24) is 4.98 Å². The summed E-state index contributed by atoms with van der Waals surface area (Å²) in [7, 11) is 0. The number of benzene rings is 2. The molecule has 4 rings (SSSR count). The minimum Gasteiger partial charge on any atom is -0.457 e. The molecule has 0 fully saturated rings. The first-order valence-electron chi connectivity index (χ1n) is 9.73. The molecule has 150 valence electrons. The molecule has 1 N–H and O–H groups in total. The smallest absolute Gasteiger partial charge is 0.188 e. The summed E-state index contributed by atoms with van der Waals surface area (Å²) in [6.45, 7) is 7.33. The van der Waals surface area contributed by atoms with Crippen LogP contribution >= 0.6 is 22.9 Å². The molecule has 0 aliphatic carbocycles. The van der Waals surface area contributed by atoms with E-state index in [1.165, 1.54) is 0 Å². The van der Waals surface area contributed by atoms with Gasteiger partial charge in [-0.25, -0.2) is 4.98 Å². The van der Waals surface area contributed by atoms with E-state index < -0.39 is 0 Å². The minimum absolute atomic E-state index is 0.0611. The van der Waals surface area contributed by atoms with Gasteiger partial charge in [-0.2, -0.15) is 0 Å². The second kappa shape index (κ2) is 8.17. The fourth-order valence-corrected chi connectivity index (χ4v) is 4.39. The molecule has 6 heteroatoms. The van der Waals surface area contributed by atoms with Crippen LogP contribution in [0.5, 0.6) is 11.5 Å². The van der Waals surface area contributed by atoms with Gasteiger partial charge in [-0.05, 0) is 47.7 Å². The average Bonchev–Trinajstić information content (AvgIpc) is 3.35. The summed E-state index contributed by atoms with van der Waals surface area (Å²) in [5.74, 6) is 2.55. The van der Waals surface area contributed by atoms with Crippen molar-refractivity contribution in [3.8, 4) is 22.8 Å². The number of aliphatic imine (C=N–C) groups is 1. The zero-order valence-electron chi connectivity index (χ0n) is 16.8. The Kier molecular flexibility index (Phi) is 5.61. The minimum atomic E-state index is -0.0611. The number of hydrogen-bond donors (Lipinski definition) is 1. The number of anilines is 1. The Hall–Kier alpha value is -2.37. The predicted molar refractivity (Wildman–Crippen MR) is 123 cm³/mol. The lowest BCUT2D eigenvalue weighted by Crippen LogP contribution is -2.11. The predicted octanol–water partition coefficient (Wildman–Crippen LogP) is 7.16. The van der Waals surface area contributed by atoms with Crippen LogP contribution in [0.2, 0.25) is 5.02 Å². The summed E-state index contributed by atoms with van der Waals surface area (Å²) in [6, 6.07) is 13.8. The van der Waals surface area contributed by atoms with E-state index in [0.717, 1.165) is 63.7 Å². The molecule has 0 radical (unpaired) electrons. The molecular weight excluding hydrogens is 402 g/mol. The maximum Gasteiger partial charge on any atom is 0.188 e. The SMILES string of the molecule is CC(C)(C)c1cc(Oc2ccccc2-c2csc(NC3=NCCC3)n2)ccc1Cl. The zero-order valence-corrected chi connectivity index (χ0v) is 18.4. The van der Waals surface area contributed by atoms with E-state index in [4.69, 9.17) is 21.3 Å². The van der Waals surface area contributed by atoms with Crippen LogP contribution in [0, 0.1) is 0 Å². The molecule has 4 nitrogen and oxygen atoms in total. The number of para-hydroxylation sites is 1. The molecule has 2 heterocycles. The van der Waals surface area contributed by atoms with E-state index in [2.05, 4.69) is 31.1 Å². The van der Waals surface area contributed by atoms with Crippen molar-refractivity contribution in [3.63, 3.8) is 0 Å². The van der Waals surface area contributed by atoms with Crippen molar-refractivity contribution >= 4 is 33.9 Å². The molecule has 0 spiro atoms. The van der Waals surface area contributed by atoms with Crippen LogP contribution < -0.4 is 10.1 Å². The summed E-state index contributed by atoms with van der Waals surface area (Å²) >= 11 is 7.98. The quantitative estimate of drug-likeness (QED) is 0.482. The van der Waals surface area contributed by atoms with Crippen molar-refractivity contribution in [1.29, 1.82) is 0 Å². The van der Waals surface area contributed by atoms with Gasteiger partial charge in [0, 0.05) is 28.9 Å². The van der Waals surface area contributed by atoms with Crippen LogP contribution in [0.3, 0.4) is 0 Å². The van der Waals surface area contributed by atoms with E-state index in [-0.39, 0.29) is 5.41 Å². The fourth-order valence-electron chi connectivity index (χ4n) is 3.26. The summed E-state index contributed by atoms with van der Waals surface area (Å²) < 4.78 is 6.26. The summed E-state index contributed by atoms with van der Waals surface area (Å²) in [5, 5.41) is 6.99. The first kappa shape index (κ1) is 19.9. The number of aromatic nitrogens is 1. The largest absolute Gasteiger partial charge is 0.457 e. The molecule has 1 aromatic heterocycles. The number of thiazole rings is 1. The maximum absolute atomic E-state index is 6.40. The number of nitrogens with zero attached hydrogens (tertiary/aromatic N) is 2. The number of halogens is 1. The molecule has 1 aliphatic rings. The van der Waals surface area contributed by atoms with Crippen molar-refractivity contribution in [2.24, 2.45) is 4.99 Å². The summed E-state index contributed by atoms with van der Waals surface area (Å²) in [4.78, 5) is 9.20. The van der Waals surface area contributed by atoms with Crippen molar-refractivity contribution in [3.05, 3.63) is 58.4 Å². The first-order valence-corrected chi connectivity index (χ1v) is 11.0. The number of nitrogens with one attached hydrogen (secondary N) is 1. The third kappa shape index (κ3) is 4.62. The first-order chi connectivity index (χ1) is 13.9. The highest BCUT2D eigenvalue weighted by atomic mass is 35.5. The van der Waals surface area contributed by atoms with Gasteiger partial charge in [-0.15, -0.1) is 11.3 Å². The normalized spacial score (nSPS) is 14.0. The van der Waals surface area contributed by atoms with Crippen molar-refractivity contribution in [2.75, 3.05) is 11.9 Å². The molecule has 29 heavy (non-hydrogen) atoms. The van der Waals surface area contributed by atoms with Gasteiger partial charge < -0.3 is 10.1 Å². The fraction of sp³-hybridized carbons (Fsp3) is 0.304. The lowest BCUT2D eigenvalue weighted by molar-refractivity contribution is 0.480. The molecule has 1 aliphatic heterocycles. The number of hydrogen-bond acceptors (Lipinski definition) is 5. The molecule has 2 aromatic carbocycles. The number of ether oxygens (including phenoxy) is 1. The van der Waals surface area contributed by atoms with Gasteiger partial charge in [-0.1, -0.05) is 44.5 Å². The Morgan fingerprint density at radius 3 is 2.72 bits per heavy atom. The van der Waals surface area contributed by atoms with Gasteiger partial charge >= 0.3 is 0 Å². The Labute approximate surface area is 180 Å². The lowest BCUT2D eigenvalue weighted by Gasteiger charge is -2.21. The van der Waals surface area contributed by atoms with Gasteiger partial charge in [0.1, 0.15) is 17.3 Å². The zero-order chi connectivity index (χ0) is 20.4. The van der Waals surface area contributed by atoms with E-state index in [0.29, 0.717) is 0 Å².